The van der Waals surface area contributed by atoms with Crippen molar-refractivity contribution in [2.45, 2.75) is 13.5 Å². The molecule has 0 radical (unpaired) electrons. The van der Waals surface area contributed by atoms with E-state index in [1.807, 2.05) is 61.5 Å². The first-order valence-electron chi connectivity index (χ1n) is 7.67. The van der Waals surface area contributed by atoms with Crippen LogP contribution in [0.5, 0.6) is 0 Å². The fourth-order valence-corrected chi connectivity index (χ4v) is 2.54. The number of hydrogen-bond acceptors (Lipinski definition) is 2. The second-order valence-corrected chi connectivity index (χ2v) is 5.97. The third-order valence-corrected chi connectivity index (χ3v) is 3.97. The van der Waals surface area contributed by atoms with E-state index in [4.69, 9.17) is 11.6 Å². The van der Waals surface area contributed by atoms with E-state index in [-0.39, 0.29) is 5.91 Å². The average molecular weight is 337 g/mol. The van der Waals surface area contributed by atoms with E-state index in [0.717, 1.165) is 16.8 Å². The summed E-state index contributed by atoms with van der Waals surface area (Å²) in [5, 5.41) is 0.372. The van der Waals surface area contributed by atoms with Crippen LogP contribution in [-0.4, -0.2) is 10.9 Å². The highest BCUT2D eigenvalue weighted by Crippen LogP contribution is 2.21. The largest absolute Gasteiger partial charge is 0.304 e. The molecular weight excluding hydrogens is 320 g/mol. The number of benzene rings is 2. The summed E-state index contributed by atoms with van der Waals surface area (Å²) in [7, 11) is 0. The van der Waals surface area contributed by atoms with Crippen LogP contribution in [0.1, 0.15) is 21.5 Å². The van der Waals surface area contributed by atoms with Crippen LogP contribution in [0.2, 0.25) is 5.15 Å². The molecule has 0 saturated carbocycles. The van der Waals surface area contributed by atoms with E-state index in [1.54, 1.807) is 17.0 Å². The van der Waals surface area contributed by atoms with Gasteiger partial charge in [-0.25, -0.2) is 4.98 Å². The quantitative estimate of drug-likeness (QED) is 0.635. The van der Waals surface area contributed by atoms with Crippen LogP contribution in [0.25, 0.3) is 0 Å². The van der Waals surface area contributed by atoms with Gasteiger partial charge in [0.05, 0.1) is 12.1 Å². The highest BCUT2D eigenvalue weighted by Gasteiger charge is 2.18. The first kappa shape index (κ1) is 16.2. The molecule has 4 heteroatoms. The SMILES string of the molecule is Cc1ccc(N(Cc2ccccc2)C(=O)c2ccc(Cl)nc2)cc1. The molecule has 2 aromatic carbocycles. The predicted molar refractivity (Wildman–Crippen MR) is 97.4 cm³/mol. The normalized spacial score (nSPS) is 10.4. The van der Waals surface area contributed by atoms with E-state index in [2.05, 4.69) is 4.98 Å². The minimum atomic E-state index is -0.105. The maximum absolute atomic E-state index is 13.0. The third kappa shape index (κ3) is 3.81. The third-order valence-electron chi connectivity index (χ3n) is 3.75. The Morgan fingerprint density at radius 2 is 1.71 bits per heavy atom. The van der Waals surface area contributed by atoms with Gasteiger partial charge in [0.2, 0.25) is 0 Å². The standard InChI is InChI=1S/C20H17ClN2O/c1-15-7-10-18(11-8-15)23(14-16-5-3-2-4-6-16)20(24)17-9-12-19(21)22-13-17/h2-13H,14H2,1H3. The lowest BCUT2D eigenvalue weighted by atomic mass is 10.1. The van der Waals surface area contributed by atoms with E-state index in [9.17, 15) is 4.79 Å². The molecular formula is C20H17ClN2O. The fourth-order valence-electron chi connectivity index (χ4n) is 2.43. The summed E-state index contributed by atoms with van der Waals surface area (Å²) in [6.45, 7) is 2.52. The van der Waals surface area contributed by atoms with Crippen molar-refractivity contribution in [2.24, 2.45) is 0 Å². The van der Waals surface area contributed by atoms with Crippen molar-refractivity contribution in [1.29, 1.82) is 0 Å². The number of aryl methyl sites for hydroxylation is 1. The molecule has 3 nitrogen and oxygen atoms in total. The Kier molecular flexibility index (Phi) is 4.92. The van der Waals surface area contributed by atoms with Gasteiger partial charge < -0.3 is 4.90 Å². The summed E-state index contributed by atoms with van der Waals surface area (Å²) < 4.78 is 0. The molecule has 0 spiro atoms. The van der Waals surface area contributed by atoms with Crippen LogP contribution in [0.3, 0.4) is 0 Å². The Morgan fingerprint density at radius 3 is 2.33 bits per heavy atom. The predicted octanol–water partition coefficient (Wildman–Crippen LogP) is 4.89. The molecule has 0 aliphatic carbocycles. The maximum Gasteiger partial charge on any atom is 0.260 e. The van der Waals surface area contributed by atoms with Crippen molar-refractivity contribution in [2.75, 3.05) is 4.90 Å². The first-order valence-corrected chi connectivity index (χ1v) is 8.05. The van der Waals surface area contributed by atoms with Gasteiger partial charge in [-0.05, 0) is 36.8 Å². The van der Waals surface area contributed by atoms with E-state index in [1.165, 1.54) is 6.20 Å². The Hall–Kier alpha value is -2.65. The summed E-state index contributed by atoms with van der Waals surface area (Å²) in [6, 6.07) is 21.2. The molecule has 0 unspecified atom stereocenters. The van der Waals surface area contributed by atoms with Gasteiger partial charge >= 0.3 is 0 Å². The van der Waals surface area contributed by atoms with Gasteiger partial charge in [0.25, 0.3) is 5.91 Å². The number of carbonyl (C=O) groups excluding carboxylic acids is 1. The van der Waals surface area contributed by atoms with Crippen LogP contribution in [0.4, 0.5) is 5.69 Å². The number of anilines is 1. The summed E-state index contributed by atoms with van der Waals surface area (Å²) in [5.41, 5.74) is 3.58. The molecule has 1 aromatic heterocycles. The van der Waals surface area contributed by atoms with Gasteiger partial charge in [-0.15, -0.1) is 0 Å². The van der Waals surface area contributed by atoms with Gasteiger partial charge in [-0.3, -0.25) is 4.79 Å². The number of pyridine rings is 1. The molecule has 0 fully saturated rings. The minimum absolute atomic E-state index is 0.105. The van der Waals surface area contributed by atoms with Gasteiger partial charge in [-0.1, -0.05) is 59.6 Å². The maximum atomic E-state index is 13.0. The Balaban J connectivity index is 1.96. The van der Waals surface area contributed by atoms with Crippen LogP contribution in [-0.2, 0) is 6.54 Å². The first-order chi connectivity index (χ1) is 11.6. The van der Waals surface area contributed by atoms with Gasteiger partial charge in [0.15, 0.2) is 0 Å². The zero-order valence-electron chi connectivity index (χ0n) is 13.3. The minimum Gasteiger partial charge on any atom is -0.304 e. The Morgan fingerprint density at radius 1 is 1.00 bits per heavy atom. The number of halogens is 1. The highest BCUT2D eigenvalue weighted by atomic mass is 35.5. The van der Waals surface area contributed by atoms with Crippen molar-refractivity contribution < 1.29 is 4.79 Å². The van der Waals surface area contributed by atoms with E-state index in [0.29, 0.717) is 17.3 Å². The summed E-state index contributed by atoms with van der Waals surface area (Å²) in [5.74, 6) is -0.105. The molecule has 24 heavy (non-hydrogen) atoms. The molecule has 0 N–H and O–H groups in total. The molecule has 0 atom stereocenters. The number of hydrogen-bond donors (Lipinski definition) is 0. The van der Waals surface area contributed by atoms with Crippen LogP contribution >= 0.6 is 11.6 Å². The number of carbonyl (C=O) groups is 1. The summed E-state index contributed by atoms with van der Waals surface area (Å²) in [4.78, 5) is 18.8. The lowest BCUT2D eigenvalue weighted by molar-refractivity contribution is 0.0985. The topological polar surface area (TPSA) is 33.2 Å². The Bertz CT molecular complexity index is 815. The molecule has 0 bridgehead atoms. The second-order valence-electron chi connectivity index (χ2n) is 5.58. The summed E-state index contributed by atoms with van der Waals surface area (Å²) >= 11 is 5.82. The number of aromatic nitrogens is 1. The smallest absolute Gasteiger partial charge is 0.260 e. The number of rotatable bonds is 4. The fraction of sp³-hybridized carbons (Fsp3) is 0.100. The number of nitrogens with zero attached hydrogens (tertiary/aromatic N) is 2. The molecule has 3 rings (SSSR count). The van der Waals surface area contributed by atoms with Crippen LogP contribution in [0, 0.1) is 6.92 Å². The molecule has 1 amide bonds. The van der Waals surface area contributed by atoms with Crippen LogP contribution < -0.4 is 4.90 Å². The molecule has 0 aliphatic heterocycles. The van der Waals surface area contributed by atoms with Crippen molar-refractivity contribution in [1.82, 2.24) is 4.98 Å². The lowest BCUT2D eigenvalue weighted by Crippen LogP contribution is -2.30. The zero-order chi connectivity index (χ0) is 16.9. The number of amides is 1. The molecule has 0 saturated heterocycles. The van der Waals surface area contributed by atoms with Gasteiger partial charge in [-0.2, -0.15) is 0 Å². The lowest BCUT2D eigenvalue weighted by Gasteiger charge is -2.23. The summed E-state index contributed by atoms with van der Waals surface area (Å²) in [6.07, 6.45) is 1.51. The molecule has 1 heterocycles. The van der Waals surface area contributed by atoms with Gasteiger partial charge in [0.1, 0.15) is 5.15 Å². The molecule has 120 valence electrons. The van der Waals surface area contributed by atoms with Crippen molar-refractivity contribution in [3.63, 3.8) is 0 Å². The van der Waals surface area contributed by atoms with Crippen molar-refractivity contribution >= 4 is 23.2 Å². The van der Waals surface area contributed by atoms with E-state index < -0.39 is 0 Å². The molecule has 3 aromatic rings. The van der Waals surface area contributed by atoms with Crippen LogP contribution in [0.15, 0.2) is 72.9 Å². The van der Waals surface area contributed by atoms with Crippen molar-refractivity contribution in [3.05, 3.63) is 94.8 Å². The highest BCUT2D eigenvalue weighted by molar-refractivity contribution is 6.29. The second kappa shape index (κ2) is 7.28. The molecule has 0 aliphatic rings. The zero-order valence-corrected chi connectivity index (χ0v) is 14.1. The monoisotopic (exact) mass is 336 g/mol. The van der Waals surface area contributed by atoms with Gasteiger partial charge in [0, 0.05) is 11.9 Å². The Labute approximate surface area is 146 Å². The van der Waals surface area contributed by atoms with Crippen molar-refractivity contribution in [3.8, 4) is 0 Å². The average Bonchev–Trinajstić information content (AvgIpc) is 2.62. The van der Waals surface area contributed by atoms with E-state index >= 15 is 0 Å².